The molecule has 0 radical (unpaired) electrons. The van der Waals surface area contributed by atoms with E-state index in [2.05, 4.69) is 10.5 Å². The zero-order chi connectivity index (χ0) is 17.9. The smallest absolute Gasteiger partial charge is 0.236 e. The van der Waals surface area contributed by atoms with Crippen molar-refractivity contribution in [2.75, 3.05) is 6.26 Å². The highest BCUT2D eigenvalue weighted by Crippen LogP contribution is 2.26. The summed E-state index contributed by atoms with van der Waals surface area (Å²) in [6.07, 6.45) is 4.79. The van der Waals surface area contributed by atoms with Crippen LogP contribution in [0.2, 0.25) is 0 Å². The minimum Gasteiger partial charge on any atom is -0.369 e. The third-order valence-corrected chi connectivity index (χ3v) is 4.50. The van der Waals surface area contributed by atoms with E-state index in [0.717, 1.165) is 23.1 Å². The molecule has 0 saturated heterocycles. The average Bonchev–Trinajstić information content (AvgIpc) is 2.86. The van der Waals surface area contributed by atoms with E-state index in [9.17, 15) is 12.8 Å². The van der Waals surface area contributed by atoms with E-state index in [-0.39, 0.29) is 11.5 Å². The van der Waals surface area contributed by atoms with Gasteiger partial charge in [0.15, 0.2) is 0 Å². The van der Waals surface area contributed by atoms with E-state index in [1.807, 2.05) is 6.92 Å². The molecule has 1 aromatic heterocycles. The van der Waals surface area contributed by atoms with Crippen LogP contribution in [-0.4, -0.2) is 30.3 Å². The number of aromatic nitrogens is 1. The lowest BCUT2D eigenvalue weighted by Gasteiger charge is -2.05. The maximum absolute atomic E-state index is 13.6. The fourth-order valence-electron chi connectivity index (χ4n) is 2.40. The molecule has 2 rings (SSSR count). The van der Waals surface area contributed by atoms with Crippen LogP contribution in [0.15, 0.2) is 29.5 Å². The highest BCUT2D eigenvalue weighted by atomic mass is 32.2. The van der Waals surface area contributed by atoms with Gasteiger partial charge in [-0.2, -0.15) is 5.10 Å². The van der Waals surface area contributed by atoms with Gasteiger partial charge in [0.2, 0.25) is 16.0 Å². The summed E-state index contributed by atoms with van der Waals surface area (Å²) in [5.41, 5.74) is 9.04. The number of halogens is 1. The lowest BCUT2D eigenvalue weighted by molar-refractivity contribution is 0.595. The molecule has 0 fully saturated rings. The van der Waals surface area contributed by atoms with Crippen molar-refractivity contribution in [1.29, 1.82) is 5.41 Å². The highest BCUT2D eigenvalue weighted by molar-refractivity contribution is 7.89. The minimum atomic E-state index is -3.60. The fourth-order valence-corrected chi connectivity index (χ4v) is 3.20. The molecule has 0 aliphatic heterocycles. The Morgan fingerprint density at radius 1 is 1.46 bits per heavy atom. The van der Waals surface area contributed by atoms with E-state index >= 15 is 0 Å². The summed E-state index contributed by atoms with van der Waals surface area (Å²) in [6.45, 7) is 2.02. The minimum absolute atomic E-state index is 0.250. The Morgan fingerprint density at radius 2 is 2.17 bits per heavy atom. The molecule has 0 unspecified atom stereocenters. The number of nitrogens with two attached hydrogens (primary N) is 1. The van der Waals surface area contributed by atoms with Crippen molar-refractivity contribution in [2.24, 2.45) is 10.8 Å². The Labute approximate surface area is 139 Å². The molecule has 0 spiro atoms. The second-order valence-corrected chi connectivity index (χ2v) is 7.31. The summed E-state index contributed by atoms with van der Waals surface area (Å²) in [7, 11) is -3.60. The van der Waals surface area contributed by atoms with Crippen LogP contribution in [0, 0.1) is 11.2 Å². The molecule has 0 amide bonds. The Morgan fingerprint density at radius 3 is 2.75 bits per heavy atom. The number of hydrogen-bond donors (Lipinski definition) is 3. The number of guanidine groups is 1. The molecule has 0 atom stereocenters. The molecule has 1 aromatic carbocycles. The van der Waals surface area contributed by atoms with Gasteiger partial charge in [0.1, 0.15) is 5.82 Å². The summed E-state index contributed by atoms with van der Waals surface area (Å²) in [5.74, 6) is -0.840. The fraction of sp³-hybridized carbons (Fsp3) is 0.333. The number of nitrogens with one attached hydrogen (secondary N) is 2. The maximum atomic E-state index is 13.6. The van der Waals surface area contributed by atoms with E-state index in [1.54, 1.807) is 0 Å². The summed E-state index contributed by atoms with van der Waals surface area (Å²) in [5, 5.41) is 11.9. The molecule has 0 aliphatic rings. The van der Waals surface area contributed by atoms with Crippen LogP contribution >= 0.6 is 0 Å². The number of hydrogen-bond acceptors (Lipinski definition) is 4. The van der Waals surface area contributed by atoms with Crippen molar-refractivity contribution >= 4 is 32.6 Å². The molecule has 0 saturated carbocycles. The molecular formula is C15H20FN5O2S. The molecule has 0 bridgehead atoms. The van der Waals surface area contributed by atoms with Gasteiger partial charge in [-0.1, -0.05) is 13.3 Å². The quantitative estimate of drug-likeness (QED) is 0.418. The van der Waals surface area contributed by atoms with Crippen molar-refractivity contribution in [3.63, 3.8) is 0 Å². The maximum Gasteiger partial charge on any atom is 0.236 e. The average molecular weight is 353 g/mol. The first kappa shape index (κ1) is 17.9. The predicted octanol–water partition coefficient (Wildman–Crippen LogP) is 1.97. The Kier molecular flexibility index (Phi) is 5.23. The van der Waals surface area contributed by atoms with Gasteiger partial charge in [0.25, 0.3) is 0 Å². The van der Waals surface area contributed by atoms with E-state index in [0.29, 0.717) is 23.1 Å². The van der Waals surface area contributed by atoms with Crippen LogP contribution in [0.1, 0.15) is 31.7 Å². The van der Waals surface area contributed by atoms with Crippen LogP contribution in [0.4, 0.5) is 4.39 Å². The Balaban J connectivity index is 2.68. The number of unbranched alkanes of at least 4 members (excludes halogenated alkanes) is 1. The number of benzene rings is 1. The number of rotatable bonds is 6. The van der Waals surface area contributed by atoms with Gasteiger partial charge >= 0.3 is 0 Å². The van der Waals surface area contributed by atoms with Crippen LogP contribution in [0.25, 0.3) is 10.9 Å². The van der Waals surface area contributed by atoms with Gasteiger partial charge in [0, 0.05) is 17.1 Å². The van der Waals surface area contributed by atoms with E-state index in [1.165, 1.54) is 24.4 Å². The molecule has 0 aliphatic carbocycles. The van der Waals surface area contributed by atoms with Crippen LogP contribution in [0.5, 0.6) is 0 Å². The van der Waals surface area contributed by atoms with Gasteiger partial charge in [-0.05, 0) is 31.0 Å². The molecule has 4 N–H and O–H groups in total. The summed E-state index contributed by atoms with van der Waals surface area (Å²) in [4.78, 5) is 0. The molecule has 24 heavy (non-hydrogen) atoms. The number of hydrazone groups is 1. The summed E-state index contributed by atoms with van der Waals surface area (Å²) < 4.78 is 38.6. The Bertz CT molecular complexity index is 902. The van der Waals surface area contributed by atoms with Crippen molar-refractivity contribution in [3.05, 3.63) is 35.8 Å². The van der Waals surface area contributed by atoms with Crippen LogP contribution < -0.4 is 11.2 Å². The predicted molar refractivity (Wildman–Crippen MR) is 93.2 cm³/mol. The van der Waals surface area contributed by atoms with Crippen molar-refractivity contribution in [2.45, 2.75) is 26.2 Å². The van der Waals surface area contributed by atoms with Gasteiger partial charge in [-0.25, -0.2) is 22.2 Å². The van der Waals surface area contributed by atoms with Gasteiger partial charge in [-0.15, -0.1) is 0 Å². The van der Waals surface area contributed by atoms with Crippen molar-refractivity contribution in [1.82, 2.24) is 9.40 Å². The summed E-state index contributed by atoms with van der Waals surface area (Å²) in [6, 6.07) is 3.97. The first-order chi connectivity index (χ1) is 11.2. The zero-order valence-electron chi connectivity index (χ0n) is 13.5. The molecular weight excluding hydrogens is 333 g/mol. The highest BCUT2D eigenvalue weighted by Gasteiger charge is 2.18. The SMILES string of the molecule is CCCCC(=NNC(=N)N)c1cn(S(C)(=O)=O)c2cc(F)ccc12. The first-order valence-corrected chi connectivity index (χ1v) is 9.27. The van der Waals surface area contributed by atoms with Gasteiger partial charge in [-0.3, -0.25) is 5.41 Å². The summed E-state index contributed by atoms with van der Waals surface area (Å²) >= 11 is 0. The van der Waals surface area contributed by atoms with E-state index in [4.69, 9.17) is 11.1 Å². The largest absolute Gasteiger partial charge is 0.369 e. The second-order valence-electron chi connectivity index (χ2n) is 5.45. The third-order valence-electron chi connectivity index (χ3n) is 3.48. The Hall–Kier alpha value is -2.42. The normalized spacial score (nSPS) is 12.5. The lowest BCUT2D eigenvalue weighted by Crippen LogP contribution is -2.27. The van der Waals surface area contributed by atoms with Gasteiger partial charge < -0.3 is 5.73 Å². The molecule has 2 aromatic rings. The van der Waals surface area contributed by atoms with Crippen LogP contribution in [-0.2, 0) is 10.0 Å². The second kappa shape index (κ2) is 7.00. The first-order valence-electron chi connectivity index (χ1n) is 7.42. The van der Waals surface area contributed by atoms with Crippen LogP contribution in [0.3, 0.4) is 0 Å². The molecule has 130 valence electrons. The lowest BCUT2D eigenvalue weighted by atomic mass is 10.0. The number of fused-ring (bicyclic) bond motifs is 1. The van der Waals surface area contributed by atoms with Crippen molar-refractivity contribution < 1.29 is 12.8 Å². The topological polar surface area (TPSA) is 113 Å². The standard InChI is InChI=1S/C15H20FN5O2S/c1-3-4-5-13(19-20-15(17)18)12-9-21(24(2,22)23)14-8-10(16)6-7-11(12)14/h6-9H,3-5H2,1-2H3,(H4,17,18,20). The van der Waals surface area contributed by atoms with Crippen molar-refractivity contribution in [3.8, 4) is 0 Å². The molecule has 9 heteroatoms. The zero-order valence-corrected chi connectivity index (χ0v) is 14.3. The van der Waals surface area contributed by atoms with E-state index < -0.39 is 15.8 Å². The molecule has 1 heterocycles. The molecule has 7 nitrogen and oxygen atoms in total. The van der Waals surface area contributed by atoms with Gasteiger partial charge in [0.05, 0.1) is 17.5 Å². The monoisotopic (exact) mass is 353 g/mol. The third kappa shape index (κ3) is 3.91. The number of nitrogens with zero attached hydrogens (tertiary/aromatic N) is 2.